The number of ether oxygens (including phenoxy) is 1. The van der Waals surface area contributed by atoms with E-state index in [-0.39, 0.29) is 18.6 Å². The molecule has 5 heteroatoms. The second-order valence-corrected chi connectivity index (χ2v) is 4.48. The summed E-state index contributed by atoms with van der Waals surface area (Å²) in [5.41, 5.74) is 0. The van der Waals surface area contributed by atoms with Crippen LogP contribution in [0.15, 0.2) is 47.1 Å². The zero-order chi connectivity index (χ0) is 13.7. The quantitative estimate of drug-likeness (QED) is 0.914. The SMILES string of the molecule is CC(NC(=O)COc1ccc(Cl)cc1)c1ccco1. The van der Waals surface area contributed by atoms with Crippen molar-refractivity contribution in [1.82, 2.24) is 5.32 Å². The molecule has 2 aromatic rings. The predicted molar refractivity (Wildman–Crippen MR) is 72.2 cm³/mol. The lowest BCUT2D eigenvalue weighted by Crippen LogP contribution is -2.31. The number of nitrogens with one attached hydrogen (secondary N) is 1. The molecule has 1 N–H and O–H groups in total. The van der Waals surface area contributed by atoms with Gasteiger partial charge in [-0.2, -0.15) is 0 Å². The number of benzene rings is 1. The van der Waals surface area contributed by atoms with Gasteiger partial charge in [-0.25, -0.2) is 0 Å². The molecule has 0 aliphatic carbocycles. The van der Waals surface area contributed by atoms with Crippen LogP contribution in [-0.2, 0) is 4.79 Å². The summed E-state index contributed by atoms with van der Waals surface area (Å²) in [4.78, 5) is 11.7. The van der Waals surface area contributed by atoms with E-state index in [4.69, 9.17) is 20.8 Å². The molecule has 1 heterocycles. The molecule has 2 rings (SSSR count). The molecule has 1 aromatic heterocycles. The Bertz CT molecular complexity index is 522. The molecule has 0 saturated heterocycles. The van der Waals surface area contributed by atoms with Crippen LogP contribution in [-0.4, -0.2) is 12.5 Å². The van der Waals surface area contributed by atoms with Crippen molar-refractivity contribution in [3.63, 3.8) is 0 Å². The Labute approximate surface area is 116 Å². The predicted octanol–water partition coefficient (Wildman–Crippen LogP) is 3.19. The standard InChI is InChI=1S/C14H14ClNO3/c1-10(13-3-2-8-18-13)16-14(17)9-19-12-6-4-11(15)5-7-12/h2-8,10H,9H2,1H3,(H,16,17). The van der Waals surface area contributed by atoms with Crippen LogP contribution in [0.4, 0.5) is 0 Å². The lowest BCUT2D eigenvalue weighted by molar-refractivity contribution is -0.123. The summed E-state index contributed by atoms with van der Waals surface area (Å²) in [6.07, 6.45) is 1.57. The lowest BCUT2D eigenvalue weighted by atomic mass is 10.2. The van der Waals surface area contributed by atoms with Crippen molar-refractivity contribution in [2.24, 2.45) is 0 Å². The Hall–Kier alpha value is -1.94. The Morgan fingerprint density at radius 1 is 1.37 bits per heavy atom. The Morgan fingerprint density at radius 3 is 2.74 bits per heavy atom. The van der Waals surface area contributed by atoms with E-state index < -0.39 is 0 Å². The molecule has 1 amide bonds. The molecule has 1 unspecified atom stereocenters. The molecular weight excluding hydrogens is 266 g/mol. The van der Waals surface area contributed by atoms with Gasteiger partial charge in [0.1, 0.15) is 11.5 Å². The summed E-state index contributed by atoms with van der Waals surface area (Å²) < 4.78 is 10.5. The number of halogens is 1. The molecule has 4 nitrogen and oxygen atoms in total. The minimum absolute atomic E-state index is 0.0489. The van der Waals surface area contributed by atoms with Crippen molar-refractivity contribution in [3.8, 4) is 5.75 Å². The van der Waals surface area contributed by atoms with Crippen LogP contribution >= 0.6 is 11.6 Å². The minimum atomic E-state index is -0.209. The average Bonchev–Trinajstić information content (AvgIpc) is 2.92. The van der Waals surface area contributed by atoms with Crippen molar-refractivity contribution >= 4 is 17.5 Å². The van der Waals surface area contributed by atoms with Crippen molar-refractivity contribution in [3.05, 3.63) is 53.4 Å². The largest absolute Gasteiger partial charge is 0.484 e. The van der Waals surface area contributed by atoms with Gasteiger partial charge in [0.25, 0.3) is 5.91 Å². The van der Waals surface area contributed by atoms with E-state index in [1.807, 2.05) is 13.0 Å². The molecule has 0 bridgehead atoms. The van der Waals surface area contributed by atoms with Gasteiger partial charge in [0.2, 0.25) is 0 Å². The van der Waals surface area contributed by atoms with Gasteiger partial charge in [0, 0.05) is 5.02 Å². The number of hydrogen-bond donors (Lipinski definition) is 1. The van der Waals surface area contributed by atoms with E-state index in [0.717, 1.165) is 0 Å². The third kappa shape index (κ3) is 4.03. The minimum Gasteiger partial charge on any atom is -0.484 e. The molecule has 19 heavy (non-hydrogen) atoms. The molecule has 0 saturated carbocycles. The molecule has 0 aliphatic rings. The molecule has 0 radical (unpaired) electrons. The van der Waals surface area contributed by atoms with Crippen LogP contribution in [0.5, 0.6) is 5.75 Å². The number of amides is 1. The summed E-state index contributed by atoms with van der Waals surface area (Å²) in [7, 11) is 0. The van der Waals surface area contributed by atoms with Gasteiger partial charge in [-0.05, 0) is 43.3 Å². The van der Waals surface area contributed by atoms with Crippen LogP contribution in [0.3, 0.4) is 0 Å². The summed E-state index contributed by atoms with van der Waals surface area (Å²) >= 11 is 5.76. The highest BCUT2D eigenvalue weighted by atomic mass is 35.5. The first kappa shape index (κ1) is 13.5. The van der Waals surface area contributed by atoms with Crippen LogP contribution in [0.25, 0.3) is 0 Å². The fraction of sp³-hybridized carbons (Fsp3) is 0.214. The van der Waals surface area contributed by atoms with Crippen LogP contribution in [0, 0.1) is 0 Å². The zero-order valence-corrected chi connectivity index (χ0v) is 11.2. The highest BCUT2D eigenvalue weighted by Crippen LogP contribution is 2.15. The van der Waals surface area contributed by atoms with Crippen molar-refractivity contribution in [1.29, 1.82) is 0 Å². The first-order valence-corrected chi connectivity index (χ1v) is 6.24. The van der Waals surface area contributed by atoms with E-state index in [0.29, 0.717) is 16.5 Å². The lowest BCUT2D eigenvalue weighted by Gasteiger charge is -2.12. The van der Waals surface area contributed by atoms with Gasteiger partial charge in [0.05, 0.1) is 12.3 Å². The van der Waals surface area contributed by atoms with Crippen molar-refractivity contribution in [2.75, 3.05) is 6.61 Å². The van der Waals surface area contributed by atoms with Gasteiger partial charge in [-0.1, -0.05) is 11.6 Å². The molecule has 1 aromatic carbocycles. The Balaban J connectivity index is 1.80. The number of hydrogen-bond acceptors (Lipinski definition) is 3. The molecule has 1 atom stereocenters. The highest BCUT2D eigenvalue weighted by molar-refractivity contribution is 6.30. The van der Waals surface area contributed by atoms with Gasteiger partial charge >= 0.3 is 0 Å². The van der Waals surface area contributed by atoms with Crippen LogP contribution in [0.2, 0.25) is 5.02 Å². The number of carbonyl (C=O) groups excluding carboxylic acids is 1. The third-order valence-electron chi connectivity index (χ3n) is 2.53. The van der Waals surface area contributed by atoms with Crippen molar-refractivity contribution < 1.29 is 13.9 Å². The van der Waals surface area contributed by atoms with E-state index in [2.05, 4.69) is 5.32 Å². The van der Waals surface area contributed by atoms with Gasteiger partial charge in [0.15, 0.2) is 6.61 Å². The fourth-order valence-corrected chi connectivity index (χ4v) is 1.70. The molecule has 0 spiro atoms. The summed E-state index contributed by atoms with van der Waals surface area (Å²) in [6, 6.07) is 10.3. The zero-order valence-electron chi connectivity index (χ0n) is 10.4. The smallest absolute Gasteiger partial charge is 0.258 e. The fourth-order valence-electron chi connectivity index (χ4n) is 1.57. The second-order valence-electron chi connectivity index (χ2n) is 4.05. The first-order chi connectivity index (χ1) is 9.15. The number of carbonyl (C=O) groups is 1. The monoisotopic (exact) mass is 279 g/mol. The van der Waals surface area contributed by atoms with E-state index in [1.54, 1.807) is 36.6 Å². The van der Waals surface area contributed by atoms with E-state index in [1.165, 1.54) is 0 Å². The number of rotatable bonds is 5. The van der Waals surface area contributed by atoms with Gasteiger partial charge < -0.3 is 14.5 Å². The molecule has 100 valence electrons. The highest BCUT2D eigenvalue weighted by Gasteiger charge is 2.11. The second kappa shape index (κ2) is 6.29. The molecular formula is C14H14ClNO3. The van der Waals surface area contributed by atoms with E-state index >= 15 is 0 Å². The topological polar surface area (TPSA) is 51.5 Å². The van der Waals surface area contributed by atoms with Gasteiger partial charge in [-0.3, -0.25) is 4.79 Å². The summed E-state index contributed by atoms with van der Waals surface area (Å²) in [5, 5.41) is 3.41. The molecule has 0 fully saturated rings. The van der Waals surface area contributed by atoms with E-state index in [9.17, 15) is 4.79 Å². The Morgan fingerprint density at radius 2 is 2.11 bits per heavy atom. The normalized spacial score (nSPS) is 11.9. The number of furan rings is 1. The van der Waals surface area contributed by atoms with Crippen LogP contribution < -0.4 is 10.1 Å². The maximum absolute atomic E-state index is 11.7. The first-order valence-electron chi connectivity index (χ1n) is 5.86. The van der Waals surface area contributed by atoms with Crippen LogP contribution in [0.1, 0.15) is 18.7 Å². The van der Waals surface area contributed by atoms with Gasteiger partial charge in [-0.15, -0.1) is 0 Å². The third-order valence-corrected chi connectivity index (χ3v) is 2.78. The maximum Gasteiger partial charge on any atom is 0.258 e. The summed E-state index contributed by atoms with van der Waals surface area (Å²) in [5.74, 6) is 1.10. The summed E-state index contributed by atoms with van der Waals surface area (Å²) in [6.45, 7) is 1.80. The molecule has 0 aliphatic heterocycles. The maximum atomic E-state index is 11.7. The Kier molecular flexibility index (Phi) is 4.47. The van der Waals surface area contributed by atoms with Crippen molar-refractivity contribution in [2.45, 2.75) is 13.0 Å². The average molecular weight is 280 g/mol.